The maximum absolute atomic E-state index is 13.1. The number of carbonyl (C=O) groups is 2. The molecule has 0 saturated heterocycles. The molecule has 3 rings (SSSR count). The average Bonchev–Trinajstić information content (AvgIpc) is 2.75. The number of esters is 2. The summed E-state index contributed by atoms with van der Waals surface area (Å²) in [7, 11) is 0. The highest BCUT2D eigenvalue weighted by Crippen LogP contribution is 2.40. The van der Waals surface area contributed by atoms with Crippen LogP contribution < -0.4 is 0 Å². The fourth-order valence-electron chi connectivity index (χ4n) is 3.78. The molecule has 0 saturated carbocycles. The molecule has 1 heterocycles. The topological polar surface area (TPSA) is 74.7 Å². The Morgan fingerprint density at radius 1 is 1.06 bits per heavy atom. The van der Waals surface area contributed by atoms with Crippen LogP contribution in [0.2, 0.25) is 5.02 Å². The Bertz CT molecular complexity index is 1200. The van der Waals surface area contributed by atoms with Gasteiger partial charge in [0.05, 0.1) is 23.4 Å². The van der Waals surface area contributed by atoms with Crippen molar-refractivity contribution in [3.05, 3.63) is 64.3 Å². The summed E-state index contributed by atoms with van der Waals surface area (Å²) < 4.78 is 16.8. The molecule has 0 radical (unpaired) electrons. The number of ether oxygens (including phenoxy) is 3. The van der Waals surface area contributed by atoms with Crippen LogP contribution in [0.5, 0.6) is 0 Å². The molecule has 34 heavy (non-hydrogen) atoms. The van der Waals surface area contributed by atoms with Gasteiger partial charge in [0.1, 0.15) is 6.61 Å². The number of pyridine rings is 1. The van der Waals surface area contributed by atoms with Gasteiger partial charge in [-0.15, -0.1) is 0 Å². The summed E-state index contributed by atoms with van der Waals surface area (Å²) in [6.45, 7) is 11.1. The number of hydrogen-bond donors (Lipinski definition) is 0. The fourth-order valence-corrected chi connectivity index (χ4v) is 3.91. The van der Waals surface area contributed by atoms with E-state index in [-0.39, 0.29) is 19.2 Å². The van der Waals surface area contributed by atoms with Gasteiger partial charge in [0.15, 0.2) is 6.10 Å². The molecule has 6 nitrogen and oxygen atoms in total. The molecule has 0 aliphatic heterocycles. The summed E-state index contributed by atoms with van der Waals surface area (Å²) in [5, 5.41) is 1.44. The first kappa shape index (κ1) is 25.7. The van der Waals surface area contributed by atoms with Gasteiger partial charge in [0, 0.05) is 22.9 Å². The molecule has 1 unspecified atom stereocenters. The zero-order chi connectivity index (χ0) is 25.0. The fraction of sp³-hybridized carbons (Fsp3) is 0.370. The third kappa shape index (κ3) is 6.13. The molecule has 0 fully saturated rings. The molecule has 7 heteroatoms. The number of aromatic nitrogens is 1. The minimum atomic E-state index is -0.934. The van der Waals surface area contributed by atoms with Crippen molar-refractivity contribution < 1.29 is 23.8 Å². The summed E-state index contributed by atoms with van der Waals surface area (Å²) in [4.78, 5) is 29.1. The zero-order valence-corrected chi connectivity index (χ0v) is 21.2. The highest BCUT2D eigenvalue weighted by atomic mass is 35.5. The van der Waals surface area contributed by atoms with E-state index in [4.69, 9.17) is 30.8 Å². The lowest BCUT2D eigenvalue weighted by Gasteiger charge is -2.29. The van der Waals surface area contributed by atoms with E-state index in [1.165, 1.54) is 6.92 Å². The number of nitrogens with zero attached hydrogens (tertiary/aromatic N) is 1. The third-order valence-corrected chi connectivity index (χ3v) is 5.34. The van der Waals surface area contributed by atoms with Gasteiger partial charge in [-0.1, -0.05) is 29.8 Å². The van der Waals surface area contributed by atoms with Crippen molar-refractivity contribution in [1.29, 1.82) is 0 Å². The van der Waals surface area contributed by atoms with Crippen LogP contribution in [-0.4, -0.2) is 29.1 Å². The molecule has 0 spiro atoms. The summed E-state index contributed by atoms with van der Waals surface area (Å²) >= 11 is 6.16. The standard InChI is InChI=1S/C27H30ClNO5/c1-7-32-26(31)25(34-27(4,5)6)23-16(2)14-22-21(13-12-20(29-22)15-33-17(3)30)24(23)18-8-10-19(28)11-9-18/h8-14,25H,7,15H2,1-6H3. The van der Waals surface area contributed by atoms with Crippen LogP contribution in [0.4, 0.5) is 0 Å². The Labute approximate surface area is 205 Å². The second-order valence-electron chi connectivity index (χ2n) is 9.00. The van der Waals surface area contributed by atoms with Gasteiger partial charge < -0.3 is 14.2 Å². The van der Waals surface area contributed by atoms with E-state index in [9.17, 15) is 9.59 Å². The largest absolute Gasteiger partial charge is 0.464 e. The number of aryl methyl sites for hydroxylation is 1. The molecule has 3 aromatic rings. The molecular weight excluding hydrogens is 454 g/mol. The second kappa shape index (κ2) is 10.5. The maximum atomic E-state index is 13.1. The van der Waals surface area contributed by atoms with Crippen LogP contribution >= 0.6 is 11.6 Å². The van der Waals surface area contributed by atoms with E-state index in [1.807, 2.05) is 58.0 Å². The van der Waals surface area contributed by atoms with E-state index in [2.05, 4.69) is 0 Å². The van der Waals surface area contributed by atoms with Crippen molar-refractivity contribution in [2.75, 3.05) is 6.61 Å². The third-order valence-electron chi connectivity index (χ3n) is 5.09. The lowest BCUT2D eigenvalue weighted by Crippen LogP contribution is -2.29. The monoisotopic (exact) mass is 483 g/mol. The molecule has 180 valence electrons. The first-order chi connectivity index (χ1) is 16.0. The highest BCUT2D eigenvalue weighted by Gasteiger charge is 2.33. The van der Waals surface area contributed by atoms with Gasteiger partial charge in [-0.25, -0.2) is 9.78 Å². The second-order valence-corrected chi connectivity index (χ2v) is 9.44. The Morgan fingerprint density at radius 2 is 1.74 bits per heavy atom. The number of rotatable bonds is 7. The van der Waals surface area contributed by atoms with Gasteiger partial charge in [-0.2, -0.15) is 0 Å². The Kier molecular flexibility index (Phi) is 7.95. The summed E-state index contributed by atoms with van der Waals surface area (Å²) in [6.07, 6.45) is -0.934. The van der Waals surface area contributed by atoms with Crippen molar-refractivity contribution in [3.63, 3.8) is 0 Å². The lowest BCUT2D eigenvalue weighted by atomic mass is 9.88. The van der Waals surface area contributed by atoms with E-state index in [1.54, 1.807) is 19.1 Å². The normalized spacial score (nSPS) is 12.4. The van der Waals surface area contributed by atoms with Crippen LogP contribution in [0.1, 0.15) is 57.5 Å². The van der Waals surface area contributed by atoms with Crippen LogP contribution in [0, 0.1) is 6.92 Å². The number of halogens is 1. The van der Waals surface area contributed by atoms with Crippen LogP contribution in [0.25, 0.3) is 22.0 Å². The first-order valence-electron chi connectivity index (χ1n) is 11.2. The first-order valence-corrected chi connectivity index (χ1v) is 11.5. The Hall–Kier alpha value is -2.96. The van der Waals surface area contributed by atoms with Crippen LogP contribution in [-0.2, 0) is 30.4 Å². The van der Waals surface area contributed by atoms with Gasteiger partial charge in [0.2, 0.25) is 0 Å². The number of hydrogen-bond acceptors (Lipinski definition) is 6. The maximum Gasteiger partial charge on any atom is 0.339 e. The average molecular weight is 484 g/mol. The van der Waals surface area contributed by atoms with E-state index < -0.39 is 17.7 Å². The summed E-state index contributed by atoms with van der Waals surface area (Å²) in [5.41, 5.74) is 3.99. The zero-order valence-electron chi connectivity index (χ0n) is 20.4. The van der Waals surface area contributed by atoms with Gasteiger partial charge in [-0.05, 0) is 75.6 Å². The predicted molar refractivity (Wildman–Crippen MR) is 133 cm³/mol. The number of benzene rings is 2. The minimum Gasteiger partial charge on any atom is -0.464 e. The quantitative estimate of drug-likeness (QED) is 0.365. The predicted octanol–water partition coefficient (Wildman–Crippen LogP) is 6.35. The minimum absolute atomic E-state index is 0.0843. The van der Waals surface area contributed by atoms with Gasteiger partial charge in [-0.3, -0.25) is 4.79 Å². The Morgan fingerprint density at radius 3 is 2.32 bits per heavy atom. The van der Waals surface area contributed by atoms with Crippen molar-refractivity contribution in [1.82, 2.24) is 4.98 Å². The molecule has 0 bridgehead atoms. The molecule has 0 aliphatic rings. The molecular formula is C27H30ClNO5. The molecule has 0 amide bonds. The molecule has 0 N–H and O–H groups in total. The summed E-state index contributed by atoms with van der Waals surface area (Å²) in [6, 6.07) is 13.1. The Balaban J connectivity index is 2.30. The lowest BCUT2D eigenvalue weighted by molar-refractivity contribution is -0.166. The molecule has 1 atom stereocenters. The van der Waals surface area contributed by atoms with Crippen molar-refractivity contribution in [2.45, 2.75) is 59.9 Å². The molecule has 0 aliphatic carbocycles. The van der Waals surface area contributed by atoms with Gasteiger partial charge >= 0.3 is 11.9 Å². The van der Waals surface area contributed by atoms with Crippen molar-refractivity contribution in [3.8, 4) is 11.1 Å². The molecule has 2 aromatic carbocycles. The summed E-state index contributed by atoms with van der Waals surface area (Å²) in [5.74, 6) is -0.818. The highest BCUT2D eigenvalue weighted by molar-refractivity contribution is 6.30. The smallest absolute Gasteiger partial charge is 0.339 e. The number of carbonyl (C=O) groups excluding carboxylic acids is 2. The molecule has 1 aromatic heterocycles. The van der Waals surface area contributed by atoms with Crippen molar-refractivity contribution in [2.24, 2.45) is 0 Å². The van der Waals surface area contributed by atoms with E-state index in [0.29, 0.717) is 16.2 Å². The van der Waals surface area contributed by atoms with Gasteiger partial charge in [0.25, 0.3) is 0 Å². The van der Waals surface area contributed by atoms with Crippen molar-refractivity contribution >= 4 is 34.4 Å². The van der Waals surface area contributed by atoms with Crippen LogP contribution in [0.15, 0.2) is 42.5 Å². The van der Waals surface area contributed by atoms with E-state index >= 15 is 0 Å². The number of fused-ring (bicyclic) bond motifs is 1. The van der Waals surface area contributed by atoms with E-state index in [0.717, 1.165) is 27.6 Å². The SMILES string of the molecule is CCOC(=O)C(OC(C)(C)C)c1c(C)cc2nc(COC(C)=O)ccc2c1-c1ccc(Cl)cc1. The van der Waals surface area contributed by atoms with Crippen LogP contribution in [0.3, 0.4) is 0 Å².